The number of amides is 1. The molecule has 2 aromatic rings. The molecule has 0 spiro atoms. The Balaban J connectivity index is 2.22. The van der Waals surface area contributed by atoms with Gasteiger partial charge in [0.15, 0.2) is 0 Å². The molecule has 2 rings (SSSR count). The molecule has 0 unspecified atom stereocenters. The minimum absolute atomic E-state index is 0.222. The fourth-order valence-electron chi connectivity index (χ4n) is 1.93. The molecule has 0 aliphatic rings. The largest absolute Gasteiger partial charge is 0.321 e. The minimum Gasteiger partial charge on any atom is -0.321 e. The summed E-state index contributed by atoms with van der Waals surface area (Å²) in [5.74, 6) is 0.206. The van der Waals surface area contributed by atoms with Gasteiger partial charge >= 0.3 is 0 Å². The highest BCUT2D eigenvalue weighted by Gasteiger charge is 2.10. The number of rotatable bonds is 3. The van der Waals surface area contributed by atoms with Crippen LogP contribution in [0.25, 0.3) is 0 Å². The predicted molar refractivity (Wildman–Crippen MR) is 87.3 cm³/mol. The highest BCUT2D eigenvalue weighted by Crippen LogP contribution is 2.22. The van der Waals surface area contributed by atoms with Gasteiger partial charge < -0.3 is 5.32 Å². The summed E-state index contributed by atoms with van der Waals surface area (Å²) >= 11 is 3.34. The predicted octanol–water partition coefficient (Wildman–Crippen LogP) is 4.70. The van der Waals surface area contributed by atoms with Crippen LogP contribution in [-0.4, -0.2) is 5.91 Å². The first kappa shape index (κ1) is 15.3. The third-order valence-electron chi connectivity index (χ3n) is 3.19. The zero-order chi connectivity index (χ0) is 15.4. The monoisotopic (exact) mass is 342 g/mol. The Bertz CT molecular complexity index is 700. The SMILES string of the molecule is CC(C)c1ccc(C(=O)Nc2cc(Br)ccc2C#N)cc1. The number of hydrogen-bond acceptors (Lipinski definition) is 2. The average Bonchev–Trinajstić information content (AvgIpc) is 2.47. The van der Waals surface area contributed by atoms with Crippen LogP contribution in [0.1, 0.15) is 41.3 Å². The molecule has 21 heavy (non-hydrogen) atoms. The Kier molecular flexibility index (Phi) is 4.77. The maximum absolute atomic E-state index is 12.2. The van der Waals surface area contributed by atoms with Crippen LogP contribution in [0.4, 0.5) is 5.69 Å². The molecule has 106 valence electrons. The second kappa shape index (κ2) is 6.55. The molecule has 0 aromatic heterocycles. The number of benzene rings is 2. The smallest absolute Gasteiger partial charge is 0.255 e. The average molecular weight is 343 g/mol. The van der Waals surface area contributed by atoms with Crippen molar-refractivity contribution in [3.05, 3.63) is 63.6 Å². The van der Waals surface area contributed by atoms with Gasteiger partial charge in [0.05, 0.1) is 11.3 Å². The van der Waals surface area contributed by atoms with Gasteiger partial charge in [0.25, 0.3) is 5.91 Å². The molecule has 0 fully saturated rings. The minimum atomic E-state index is -0.222. The number of nitriles is 1. The van der Waals surface area contributed by atoms with Crippen molar-refractivity contribution in [2.24, 2.45) is 0 Å². The number of nitrogens with one attached hydrogen (secondary N) is 1. The first-order chi connectivity index (χ1) is 10.0. The number of nitrogens with zero attached hydrogens (tertiary/aromatic N) is 1. The highest BCUT2D eigenvalue weighted by atomic mass is 79.9. The van der Waals surface area contributed by atoms with E-state index in [0.29, 0.717) is 22.7 Å². The van der Waals surface area contributed by atoms with E-state index >= 15 is 0 Å². The normalized spacial score (nSPS) is 10.2. The maximum atomic E-state index is 12.2. The maximum Gasteiger partial charge on any atom is 0.255 e. The third-order valence-corrected chi connectivity index (χ3v) is 3.68. The van der Waals surface area contributed by atoms with Crippen molar-refractivity contribution in [3.63, 3.8) is 0 Å². The van der Waals surface area contributed by atoms with E-state index in [1.54, 1.807) is 30.3 Å². The van der Waals surface area contributed by atoms with Gasteiger partial charge in [0.1, 0.15) is 6.07 Å². The summed E-state index contributed by atoms with van der Waals surface area (Å²) in [6, 6.07) is 14.7. The fourth-order valence-corrected chi connectivity index (χ4v) is 2.29. The van der Waals surface area contributed by atoms with Crippen LogP contribution in [0.2, 0.25) is 0 Å². The van der Waals surface area contributed by atoms with Gasteiger partial charge in [0, 0.05) is 10.0 Å². The van der Waals surface area contributed by atoms with E-state index in [4.69, 9.17) is 5.26 Å². The summed E-state index contributed by atoms with van der Waals surface area (Å²) in [4.78, 5) is 12.2. The molecule has 1 N–H and O–H groups in total. The Morgan fingerprint density at radius 3 is 2.43 bits per heavy atom. The molecule has 0 bridgehead atoms. The van der Waals surface area contributed by atoms with Crippen molar-refractivity contribution >= 4 is 27.5 Å². The van der Waals surface area contributed by atoms with Crippen LogP contribution in [0, 0.1) is 11.3 Å². The lowest BCUT2D eigenvalue weighted by atomic mass is 10.0. The Hall–Kier alpha value is -2.12. The lowest BCUT2D eigenvalue weighted by Gasteiger charge is -2.09. The molecule has 0 aliphatic carbocycles. The van der Waals surface area contributed by atoms with Crippen molar-refractivity contribution in [1.29, 1.82) is 5.26 Å². The molecular weight excluding hydrogens is 328 g/mol. The summed E-state index contributed by atoms with van der Waals surface area (Å²) in [6.07, 6.45) is 0. The molecule has 3 nitrogen and oxygen atoms in total. The zero-order valence-corrected chi connectivity index (χ0v) is 13.4. The fraction of sp³-hybridized carbons (Fsp3) is 0.176. The first-order valence-electron chi connectivity index (χ1n) is 6.62. The standard InChI is InChI=1S/C17H15BrN2O/c1-11(2)12-3-5-13(6-4-12)17(21)20-16-9-15(18)8-7-14(16)10-19/h3-9,11H,1-2H3,(H,20,21). The van der Waals surface area contributed by atoms with E-state index in [1.165, 1.54) is 5.56 Å². The van der Waals surface area contributed by atoms with E-state index in [0.717, 1.165) is 4.47 Å². The molecule has 0 radical (unpaired) electrons. The number of halogens is 1. The van der Waals surface area contributed by atoms with Gasteiger partial charge in [-0.05, 0) is 41.8 Å². The number of carbonyl (C=O) groups is 1. The van der Waals surface area contributed by atoms with Crippen LogP contribution in [0.15, 0.2) is 46.9 Å². The van der Waals surface area contributed by atoms with Gasteiger partial charge in [-0.15, -0.1) is 0 Å². The third kappa shape index (κ3) is 3.71. The van der Waals surface area contributed by atoms with E-state index in [1.807, 2.05) is 12.1 Å². The second-order valence-electron chi connectivity index (χ2n) is 5.03. The van der Waals surface area contributed by atoms with Crippen LogP contribution >= 0.6 is 15.9 Å². The molecule has 0 saturated heterocycles. The van der Waals surface area contributed by atoms with Gasteiger partial charge in [-0.2, -0.15) is 5.26 Å². The second-order valence-corrected chi connectivity index (χ2v) is 5.95. The van der Waals surface area contributed by atoms with E-state index < -0.39 is 0 Å². The molecular formula is C17H15BrN2O. The molecule has 0 saturated carbocycles. The van der Waals surface area contributed by atoms with Crippen LogP contribution in [0.5, 0.6) is 0 Å². The van der Waals surface area contributed by atoms with E-state index in [9.17, 15) is 4.79 Å². The summed E-state index contributed by atoms with van der Waals surface area (Å²) in [5, 5.41) is 11.8. The summed E-state index contributed by atoms with van der Waals surface area (Å²) in [7, 11) is 0. The number of carbonyl (C=O) groups excluding carboxylic acids is 1. The Labute approximate surface area is 132 Å². The van der Waals surface area contributed by atoms with Crippen molar-refractivity contribution in [2.75, 3.05) is 5.32 Å². The molecule has 1 amide bonds. The lowest BCUT2D eigenvalue weighted by Crippen LogP contribution is -2.13. The molecule has 2 aromatic carbocycles. The molecule has 4 heteroatoms. The van der Waals surface area contributed by atoms with Crippen molar-refractivity contribution < 1.29 is 4.79 Å². The van der Waals surface area contributed by atoms with Crippen LogP contribution in [-0.2, 0) is 0 Å². The first-order valence-corrected chi connectivity index (χ1v) is 7.41. The van der Waals surface area contributed by atoms with Crippen molar-refractivity contribution in [2.45, 2.75) is 19.8 Å². The summed E-state index contributed by atoms with van der Waals surface area (Å²) in [6.45, 7) is 4.21. The quantitative estimate of drug-likeness (QED) is 0.878. The van der Waals surface area contributed by atoms with Gasteiger partial charge in [-0.25, -0.2) is 0 Å². The Morgan fingerprint density at radius 1 is 1.19 bits per heavy atom. The summed E-state index contributed by atoms with van der Waals surface area (Å²) in [5.41, 5.74) is 2.70. The molecule has 0 atom stereocenters. The highest BCUT2D eigenvalue weighted by molar-refractivity contribution is 9.10. The van der Waals surface area contributed by atoms with E-state index in [2.05, 4.69) is 41.2 Å². The topological polar surface area (TPSA) is 52.9 Å². The van der Waals surface area contributed by atoms with Crippen LogP contribution < -0.4 is 5.32 Å². The van der Waals surface area contributed by atoms with Gasteiger partial charge in [-0.1, -0.05) is 41.9 Å². The zero-order valence-electron chi connectivity index (χ0n) is 11.9. The van der Waals surface area contributed by atoms with E-state index in [-0.39, 0.29) is 5.91 Å². The van der Waals surface area contributed by atoms with Crippen LogP contribution in [0.3, 0.4) is 0 Å². The number of anilines is 1. The van der Waals surface area contributed by atoms with Gasteiger partial charge in [-0.3, -0.25) is 4.79 Å². The number of hydrogen-bond donors (Lipinski definition) is 1. The van der Waals surface area contributed by atoms with Crippen molar-refractivity contribution in [1.82, 2.24) is 0 Å². The molecule has 0 heterocycles. The van der Waals surface area contributed by atoms with Gasteiger partial charge in [0.2, 0.25) is 0 Å². The summed E-state index contributed by atoms with van der Waals surface area (Å²) < 4.78 is 0.812. The lowest BCUT2D eigenvalue weighted by molar-refractivity contribution is 0.102. The Morgan fingerprint density at radius 2 is 1.86 bits per heavy atom. The molecule has 0 aliphatic heterocycles. The van der Waals surface area contributed by atoms with Crippen molar-refractivity contribution in [3.8, 4) is 6.07 Å².